The number of amides is 2. The molecule has 0 saturated carbocycles. The van der Waals surface area contributed by atoms with Gasteiger partial charge in [0.05, 0.1) is 6.54 Å². The van der Waals surface area contributed by atoms with Crippen LogP contribution in [0.25, 0.3) is 0 Å². The van der Waals surface area contributed by atoms with E-state index in [1.807, 2.05) is 54.4 Å². The lowest BCUT2D eigenvalue weighted by atomic mass is 10.1. The molecule has 0 bridgehead atoms. The highest BCUT2D eigenvalue weighted by Gasteiger charge is 2.23. The topological polar surface area (TPSA) is 86.0 Å². The third-order valence-electron chi connectivity index (χ3n) is 7.83. The summed E-state index contributed by atoms with van der Waals surface area (Å²) in [5.74, 6) is 1.23. The molecule has 0 aliphatic carbocycles. The molecule has 2 aliphatic rings. The molecule has 9 heteroatoms. The fourth-order valence-electron chi connectivity index (χ4n) is 5.43. The maximum atomic E-state index is 13.1. The summed E-state index contributed by atoms with van der Waals surface area (Å²) >= 11 is 0. The molecule has 0 atom stereocenters. The summed E-state index contributed by atoms with van der Waals surface area (Å²) in [5, 5.41) is 4.12. The molecule has 3 aromatic rings. The number of carbonyl (C=O) groups is 2. The van der Waals surface area contributed by atoms with Crippen LogP contribution >= 0.6 is 0 Å². The Balaban J connectivity index is 1.03. The van der Waals surface area contributed by atoms with Crippen molar-refractivity contribution in [3.8, 4) is 0 Å². The zero-order chi connectivity index (χ0) is 27.7. The lowest BCUT2D eigenvalue weighted by Gasteiger charge is -2.34. The largest absolute Gasteiger partial charge is 0.341 e. The van der Waals surface area contributed by atoms with Gasteiger partial charge in [-0.15, -0.1) is 0 Å². The molecule has 2 saturated heterocycles. The van der Waals surface area contributed by atoms with Gasteiger partial charge in [-0.25, -0.2) is 0 Å². The molecular formula is C31H40N6O3. The van der Waals surface area contributed by atoms with Crippen molar-refractivity contribution in [2.75, 3.05) is 46.3 Å². The quantitative estimate of drug-likeness (QED) is 0.386. The van der Waals surface area contributed by atoms with Gasteiger partial charge in [0.25, 0.3) is 5.91 Å². The van der Waals surface area contributed by atoms with E-state index in [2.05, 4.69) is 32.1 Å². The first-order valence-corrected chi connectivity index (χ1v) is 14.5. The van der Waals surface area contributed by atoms with Crippen LogP contribution in [0.4, 0.5) is 0 Å². The van der Waals surface area contributed by atoms with Crippen LogP contribution in [0.5, 0.6) is 0 Å². The summed E-state index contributed by atoms with van der Waals surface area (Å²) in [4.78, 5) is 38.5. The van der Waals surface area contributed by atoms with Gasteiger partial charge in [0.2, 0.25) is 11.8 Å². The fraction of sp³-hybridized carbons (Fsp3) is 0.484. The van der Waals surface area contributed by atoms with Crippen LogP contribution in [-0.4, -0.2) is 87.9 Å². The first-order chi connectivity index (χ1) is 19.5. The van der Waals surface area contributed by atoms with Crippen LogP contribution in [0.1, 0.15) is 58.9 Å². The van der Waals surface area contributed by atoms with E-state index in [0.717, 1.165) is 30.8 Å². The van der Waals surface area contributed by atoms with E-state index in [1.165, 1.54) is 37.9 Å². The lowest BCUT2D eigenvalue weighted by Crippen LogP contribution is -2.48. The molecule has 0 unspecified atom stereocenters. The number of carbonyl (C=O) groups excluding carboxylic acids is 2. The van der Waals surface area contributed by atoms with Crippen LogP contribution in [0.3, 0.4) is 0 Å². The second kappa shape index (κ2) is 13.7. The van der Waals surface area contributed by atoms with E-state index in [9.17, 15) is 9.59 Å². The number of benzene rings is 2. The maximum Gasteiger partial charge on any atom is 0.253 e. The standard InChI is InChI=1S/C31H40N6O3/c1-34(22-25-8-4-2-5-9-25)30(38)15-14-29-32-28(33-40-29)24-36-18-20-37(21-19-36)31(39)27-12-10-26(11-13-27)23-35-16-6-3-7-17-35/h2,4-5,8-13H,3,6-7,14-24H2,1H3. The van der Waals surface area contributed by atoms with Gasteiger partial charge in [-0.1, -0.05) is 54.0 Å². The zero-order valence-corrected chi connectivity index (χ0v) is 23.5. The first kappa shape index (κ1) is 28.0. The number of piperazine rings is 1. The summed E-state index contributed by atoms with van der Waals surface area (Å²) in [6.45, 7) is 7.29. The second-order valence-electron chi connectivity index (χ2n) is 10.9. The summed E-state index contributed by atoms with van der Waals surface area (Å²) in [7, 11) is 1.81. The molecule has 0 N–H and O–H groups in total. The fourth-order valence-corrected chi connectivity index (χ4v) is 5.43. The smallest absolute Gasteiger partial charge is 0.253 e. The normalized spacial score (nSPS) is 16.7. The van der Waals surface area contributed by atoms with E-state index in [0.29, 0.717) is 50.7 Å². The monoisotopic (exact) mass is 544 g/mol. The molecule has 212 valence electrons. The zero-order valence-electron chi connectivity index (χ0n) is 23.5. The summed E-state index contributed by atoms with van der Waals surface area (Å²) < 4.78 is 5.40. The number of piperidine rings is 1. The Morgan fingerprint density at radius 2 is 1.52 bits per heavy atom. The number of nitrogens with zero attached hydrogens (tertiary/aromatic N) is 6. The minimum atomic E-state index is 0.0426. The van der Waals surface area contributed by atoms with Crippen molar-refractivity contribution in [1.82, 2.24) is 29.7 Å². The van der Waals surface area contributed by atoms with Gasteiger partial charge in [0, 0.05) is 64.7 Å². The van der Waals surface area contributed by atoms with Gasteiger partial charge in [0.1, 0.15) is 0 Å². The molecule has 2 amide bonds. The number of aryl methyl sites for hydroxylation is 1. The van der Waals surface area contributed by atoms with Crippen molar-refractivity contribution in [1.29, 1.82) is 0 Å². The molecule has 0 radical (unpaired) electrons. The highest BCUT2D eigenvalue weighted by atomic mass is 16.5. The third-order valence-corrected chi connectivity index (χ3v) is 7.83. The first-order valence-electron chi connectivity index (χ1n) is 14.5. The van der Waals surface area contributed by atoms with Gasteiger partial charge in [-0.3, -0.25) is 19.4 Å². The van der Waals surface area contributed by atoms with E-state index in [4.69, 9.17) is 4.52 Å². The van der Waals surface area contributed by atoms with Crippen LogP contribution in [-0.2, 0) is 30.8 Å². The second-order valence-corrected chi connectivity index (χ2v) is 10.9. The molecule has 1 aromatic heterocycles. The van der Waals surface area contributed by atoms with E-state index in [1.54, 1.807) is 4.90 Å². The Kier molecular flexibility index (Phi) is 9.57. The van der Waals surface area contributed by atoms with Gasteiger partial charge in [-0.05, 0) is 49.2 Å². The summed E-state index contributed by atoms with van der Waals surface area (Å²) in [5.41, 5.74) is 3.12. The molecule has 3 heterocycles. The lowest BCUT2D eigenvalue weighted by molar-refractivity contribution is -0.130. The highest BCUT2D eigenvalue weighted by Crippen LogP contribution is 2.16. The molecule has 2 fully saturated rings. The van der Waals surface area contributed by atoms with Crippen molar-refractivity contribution < 1.29 is 14.1 Å². The van der Waals surface area contributed by atoms with Gasteiger partial charge < -0.3 is 14.3 Å². The molecule has 40 heavy (non-hydrogen) atoms. The average Bonchev–Trinajstić information content (AvgIpc) is 3.44. The van der Waals surface area contributed by atoms with Crippen LogP contribution < -0.4 is 0 Å². The van der Waals surface area contributed by atoms with E-state index >= 15 is 0 Å². The average molecular weight is 545 g/mol. The van der Waals surface area contributed by atoms with E-state index in [-0.39, 0.29) is 11.8 Å². The molecule has 2 aromatic carbocycles. The summed E-state index contributed by atoms with van der Waals surface area (Å²) in [6.07, 6.45) is 4.65. The van der Waals surface area contributed by atoms with Gasteiger partial charge in [0.15, 0.2) is 5.82 Å². The maximum absolute atomic E-state index is 13.1. The van der Waals surface area contributed by atoms with Crippen LogP contribution in [0.2, 0.25) is 0 Å². The Bertz CT molecular complexity index is 1230. The Morgan fingerprint density at radius 3 is 2.25 bits per heavy atom. The number of rotatable bonds is 10. The van der Waals surface area contributed by atoms with Crippen LogP contribution in [0.15, 0.2) is 59.1 Å². The predicted molar refractivity (Wildman–Crippen MR) is 152 cm³/mol. The third kappa shape index (κ3) is 7.76. The van der Waals surface area contributed by atoms with Crippen molar-refractivity contribution in [2.45, 2.75) is 51.7 Å². The molecule has 0 spiro atoms. The van der Waals surface area contributed by atoms with Crippen molar-refractivity contribution in [2.24, 2.45) is 0 Å². The Hall–Kier alpha value is -3.56. The Morgan fingerprint density at radius 1 is 0.825 bits per heavy atom. The van der Waals surface area contributed by atoms with E-state index < -0.39 is 0 Å². The SMILES string of the molecule is CN(Cc1ccccc1)C(=O)CCc1nc(CN2CCN(C(=O)c3ccc(CN4CCCCC4)cc3)CC2)no1. The Labute approximate surface area is 236 Å². The van der Waals surface area contributed by atoms with Crippen molar-refractivity contribution >= 4 is 11.8 Å². The minimum absolute atomic E-state index is 0.0426. The molecule has 5 rings (SSSR count). The molecular weight excluding hydrogens is 504 g/mol. The number of likely N-dealkylation sites (tertiary alicyclic amines) is 1. The predicted octanol–water partition coefficient (Wildman–Crippen LogP) is 3.60. The molecule has 9 nitrogen and oxygen atoms in total. The summed E-state index contributed by atoms with van der Waals surface area (Å²) in [6, 6.07) is 18.1. The van der Waals surface area contributed by atoms with Crippen molar-refractivity contribution in [3.63, 3.8) is 0 Å². The van der Waals surface area contributed by atoms with Gasteiger partial charge in [-0.2, -0.15) is 4.98 Å². The molecule has 2 aliphatic heterocycles. The van der Waals surface area contributed by atoms with Crippen LogP contribution in [0, 0.1) is 0 Å². The number of hydrogen-bond acceptors (Lipinski definition) is 7. The number of hydrogen-bond donors (Lipinski definition) is 0. The highest BCUT2D eigenvalue weighted by molar-refractivity contribution is 5.94. The minimum Gasteiger partial charge on any atom is -0.341 e. The van der Waals surface area contributed by atoms with Crippen molar-refractivity contribution in [3.05, 3.63) is 83.0 Å². The number of aromatic nitrogens is 2. The van der Waals surface area contributed by atoms with Gasteiger partial charge >= 0.3 is 0 Å².